The second-order valence-electron chi connectivity index (χ2n) is 5.26. The summed E-state index contributed by atoms with van der Waals surface area (Å²) in [5.74, 6) is 0. The SMILES string of the molecule is CC(OOOC(C)OC1CCCCO1)OC1CCCCO1. The number of rotatable bonds is 8. The van der Waals surface area contributed by atoms with Crippen molar-refractivity contribution < 1.29 is 33.8 Å². The third-order valence-electron chi connectivity index (χ3n) is 3.31. The first-order valence-corrected chi connectivity index (χ1v) is 7.77. The summed E-state index contributed by atoms with van der Waals surface area (Å²) in [5, 5.41) is 4.68. The van der Waals surface area contributed by atoms with Gasteiger partial charge in [0.1, 0.15) is 0 Å². The Hall–Kier alpha value is -0.280. The summed E-state index contributed by atoms with van der Waals surface area (Å²) in [6.07, 6.45) is 4.46. The van der Waals surface area contributed by atoms with E-state index in [9.17, 15) is 0 Å². The Labute approximate surface area is 125 Å². The van der Waals surface area contributed by atoms with Crippen LogP contribution in [0.4, 0.5) is 0 Å². The fourth-order valence-corrected chi connectivity index (χ4v) is 2.24. The molecule has 2 fully saturated rings. The summed E-state index contributed by atoms with van der Waals surface area (Å²) < 4.78 is 21.9. The van der Waals surface area contributed by atoms with Crippen LogP contribution in [-0.4, -0.2) is 38.4 Å². The number of hydrogen-bond donors (Lipinski definition) is 0. The maximum atomic E-state index is 5.51. The van der Waals surface area contributed by atoms with Gasteiger partial charge in [0.15, 0.2) is 25.2 Å². The van der Waals surface area contributed by atoms with E-state index in [1.807, 2.05) is 0 Å². The zero-order valence-corrected chi connectivity index (χ0v) is 12.8. The molecule has 2 aliphatic heterocycles. The third kappa shape index (κ3) is 7.01. The van der Waals surface area contributed by atoms with Crippen LogP contribution in [0.1, 0.15) is 52.4 Å². The van der Waals surface area contributed by atoms with Crippen molar-refractivity contribution in [3.63, 3.8) is 0 Å². The maximum Gasteiger partial charge on any atom is 0.194 e. The molecular formula is C14H26O7. The van der Waals surface area contributed by atoms with Gasteiger partial charge in [-0.25, -0.2) is 0 Å². The van der Waals surface area contributed by atoms with Gasteiger partial charge >= 0.3 is 0 Å². The molecule has 2 aliphatic rings. The zero-order chi connectivity index (χ0) is 14.9. The van der Waals surface area contributed by atoms with Crippen molar-refractivity contribution >= 4 is 0 Å². The number of ether oxygens (including phenoxy) is 4. The van der Waals surface area contributed by atoms with Crippen LogP contribution < -0.4 is 0 Å². The Balaban J connectivity index is 1.51. The minimum Gasteiger partial charge on any atom is -0.353 e. The van der Waals surface area contributed by atoms with Crippen LogP contribution in [0.2, 0.25) is 0 Å². The van der Waals surface area contributed by atoms with Crippen molar-refractivity contribution in [1.82, 2.24) is 0 Å². The lowest BCUT2D eigenvalue weighted by Gasteiger charge is -2.26. The highest BCUT2D eigenvalue weighted by Crippen LogP contribution is 2.17. The maximum absolute atomic E-state index is 5.51. The lowest BCUT2D eigenvalue weighted by molar-refractivity contribution is -0.579. The Bertz CT molecular complexity index is 238. The first-order chi connectivity index (χ1) is 10.2. The molecule has 0 bridgehead atoms. The van der Waals surface area contributed by atoms with Crippen molar-refractivity contribution in [3.05, 3.63) is 0 Å². The Kier molecular flexibility index (Phi) is 7.87. The third-order valence-corrected chi connectivity index (χ3v) is 3.31. The average molecular weight is 306 g/mol. The zero-order valence-electron chi connectivity index (χ0n) is 12.8. The van der Waals surface area contributed by atoms with Crippen molar-refractivity contribution in [2.45, 2.75) is 77.5 Å². The van der Waals surface area contributed by atoms with Crippen molar-refractivity contribution in [3.8, 4) is 0 Å². The molecular weight excluding hydrogens is 280 g/mol. The Morgan fingerprint density at radius 3 is 1.62 bits per heavy atom. The molecule has 0 radical (unpaired) electrons. The largest absolute Gasteiger partial charge is 0.353 e. The van der Waals surface area contributed by atoms with E-state index in [1.165, 1.54) is 0 Å². The molecule has 2 rings (SSSR count). The van der Waals surface area contributed by atoms with Crippen LogP contribution in [0, 0.1) is 0 Å². The van der Waals surface area contributed by atoms with Crippen molar-refractivity contribution in [2.24, 2.45) is 0 Å². The normalized spacial score (nSPS) is 30.0. The average Bonchev–Trinajstić information content (AvgIpc) is 2.49. The monoisotopic (exact) mass is 306 g/mol. The Morgan fingerprint density at radius 1 is 0.762 bits per heavy atom. The van der Waals surface area contributed by atoms with Crippen LogP contribution in [-0.2, 0) is 33.8 Å². The van der Waals surface area contributed by atoms with E-state index < -0.39 is 12.6 Å². The molecule has 2 heterocycles. The fraction of sp³-hybridized carbons (Fsp3) is 1.00. The van der Waals surface area contributed by atoms with Crippen molar-refractivity contribution in [1.29, 1.82) is 0 Å². The molecule has 0 amide bonds. The van der Waals surface area contributed by atoms with E-state index in [4.69, 9.17) is 28.7 Å². The first-order valence-electron chi connectivity index (χ1n) is 7.77. The minimum atomic E-state index is -0.578. The summed E-state index contributed by atoms with van der Waals surface area (Å²) in [7, 11) is 0. The smallest absolute Gasteiger partial charge is 0.194 e. The van der Waals surface area contributed by atoms with Gasteiger partial charge in [0, 0.05) is 13.2 Å². The van der Waals surface area contributed by atoms with Gasteiger partial charge in [-0.2, -0.15) is 9.78 Å². The van der Waals surface area contributed by atoms with E-state index in [0.29, 0.717) is 0 Å². The van der Waals surface area contributed by atoms with Gasteiger partial charge in [-0.05, 0) is 52.4 Å². The summed E-state index contributed by atoms with van der Waals surface area (Å²) in [6.45, 7) is 4.89. The van der Waals surface area contributed by atoms with E-state index >= 15 is 0 Å². The predicted molar refractivity (Wildman–Crippen MR) is 71.5 cm³/mol. The Morgan fingerprint density at radius 2 is 1.24 bits per heavy atom. The summed E-state index contributed by atoms with van der Waals surface area (Å²) in [6, 6.07) is 0. The van der Waals surface area contributed by atoms with Crippen LogP contribution in [0.5, 0.6) is 0 Å². The molecule has 0 saturated carbocycles. The molecule has 4 unspecified atom stereocenters. The second kappa shape index (κ2) is 9.68. The predicted octanol–water partition coefficient (Wildman–Crippen LogP) is 2.64. The van der Waals surface area contributed by atoms with Gasteiger partial charge in [-0.15, -0.1) is 0 Å². The van der Waals surface area contributed by atoms with Gasteiger partial charge in [-0.3, -0.25) is 0 Å². The molecule has 2 saturated heterocycles. The van der Waals surface area contributed by atoms with E-state index in [2.05, 4.69) is 5.04 Å². The van der Waals surface area contributed by atoms with Gasteiger partial charge in [0.05, 0.1) is 0 Å². The van der Waals surface area contributed by atoms with Crippen LogP contribution in [0.3, 0.4) is 0 Å². The molecule has 21 heavy (non-hydrogen) atoms. The summed E-state index contributed by atoms with van der Waals surface area (Å²) in [5.41, 5.74) is 0. The molecule has 4 atom stereocenters. The van der Waals surface area contributed by atoms with Crippen LogP contribution >= 0.6 is 0 Å². The molecule has 7 nitrogen and oxygen atoms in total. The topological polar surface area (TPSA) is 64.6 Å². The van der Waals surface area contributed by atoms with Crippen LogP contribution in [0.15, 0.2) is 0 Å². The molecule has 0 N–H and O–H groups in total. The lowest BCUT2D eigenvalue weighted by atomic mass is 10.2. The summed E-state index contributed by atoms with van der Waals surface area (Å²) in [4.78, 5) is 9.92. The van der Waals surface area contributed by atoms with Gasteiger partial charge < -0.3 is 18.9 Å². The van der Waals surface area contributed by atoms with Gasteiger partial charge in [0.25, 0.3) is 0 Å². The van der Waals surface area contributed by atoms with Gasteiger partial charge in [0.2, 0.25) is 0 Å². The minimum absolute atomic E-state index is 0.235. The molecule has 0 aliphatic carbocycles. The first kappa shape index (κ1) is 17.1. The van der Waals surface area contributed by atoms with Gasteiger partial charge in [-0.1, -0.05) is 5.04 Å². The second-order valence-corrected chi connectivity index (χ2v) is 5.26. The highest BCUT2D eigenvalue weighted by atomic mass is 17.5. The fourth-order valence-electron chi connectivity index (χ4n) is 2.24. The highest BCUT2D eigenvalue weighted by molar-refractivity contribution is 4.54. The van der Waals surface area contributed by atoms with E-state index in [-0.39, 0.29) is 12.6 Å². The number of hydrogen-bond acceptors (Lipinski definition) is 7. The molecule has 0 aromatic heterocycles. The van der Waals surface area contributed by atoms with E-state index in [1.54, 1.807) is 13.8 Å². The quantitative estimate of drug-likeness (QED) is 0.388. The molecule has 124 valence electrons. The summed E-state index contributed by atoms with van der Waals surface area (Å²) >= 11 is 0. The lowest BCUT2D eigenvalue weighted by Crippen LogP contribution is -2.30. The highest BCUT2D eigenvalue weighted by Gasteiger charge is 2.20. The van der Waals surface area contributed by atoms with Crippen molar-refractivity contribution in [2.75, 3.05) is 13.2 Å². The standard InChI is InChI=1S/C14H26O7/c1-11(17-13-7-3-5-9-15-13)19-21-20-12(2)18-14-8-4-6-10-16-14/h11-14H,3-10H2,1-2H3. The molecule has 0 aromatic rings. The molecule has 0 spiro atoms. The molecule has 0 aromatic carbocycles. The molecule has 7 heteroatoms. The van der Waals surface area contributed by atoms with E-state index in [0.717, 1.165) is 51.7 Å². The van der Waals surface area contributed by atoms with Crippen LogP contribution in [0.25, 0.3) is 0 Å².